The maximum absolute atomic E-state index is 5.48. The van der Waals surface area contributed by atoms with Crippen molar-refractivity contribution in [1.82, 2.24) is 5.32 Å². The van der Waals surface area contributed by atoms with E-state index in [2.05, 4.69) is 31.3 Å². The molecule has 2 rings (SSSR count). The van der Waals surface area contributed by atoms with Gasteiger partial charge in [0.15, 0.2) is 0 Å². The van der Waals surface area contributed by atoms with Gasteiger partial charge < -0.3 is 14.8 Å². The third kappa shape index (κ3) is 2.99. The fourth-order valence-corrected chi connectivity index (χ4v) is 2.31. The number of ether oxygens (including phenoxy) is 2. The van der Waals surface area contributed by atoms with E-state index in [1.165, 1.54) is 16.7 Å². The minimum Gasteiger partial charge on any atom is -0.496 e. The molecule has 3 nitrogen and oxygen atoms in total. The molecule has 1 aromatic rings. The highest BCUT2D eigenvalue weighted by atomic mass is 16.5. The summed E-state index contributed by atoms with van der Waals surface area (Å²) in [5.74, 6) is 0.971. The highest BCUT2D eigenvalue weighted by molar-refractivity contribution is 5.41. The highest BCUT2D eigenvalue weighted by Gasteiger charge is 2.15. The number of methoxy groups -OCH3 is 1. The normalized spacial score (nSPS) is 20.3. The second-order valence-corrected chi connectivity index (χ2v) is 4.68. The summed E-state index contributed by atoms with van der Waals surface area (Å²) in [7, 11) is 1.72. The minimum absolute atomic E-state index is 0.440. The Kier molecular flexibility index (Phi) is 4.02. The summed E-state index contributed by atoms with van der Waals surface area (Å²) >= 11 is 0. The predicted octanol–water partition coefficient (Wildman–Crippen LogP) is 1.84. The Labute approximate surface area is 103 Å². The molecule has 0 spiro atoms. The van der Waals surface area contributed by atoms with E-state index in [0.29, 0.717) is 6.04 Å². The van der Waals surface area contributed by atoms with E-state index in [0.717, 1.165) is 31.9 Å². The first kappa shape index (κ1) is 12.4. The number of hydrogen-bond acceptors (Lipinski definition) is 3. The van der Waals surface area contributed by atoms with Gasteiger partial charge in [0, 0.05) is 12.6 Å². The van der Waals surface area contributed by atoms with Crippen LogP contribution in [0.1, 0.15) is 16.7 Å². The van der Waals surface area contributed by atoms with Crippen molar-refractivity contribution in [1.29, 1.82) is 0 Å². The molecule has 1 heterocycles. The van der Waals surface area contributed by atoms with Gasteiger partial charge >= 0.3 is 0 Å². The van der Waals surface area contributed by atoms with Crippen LogP contribution >= 0.6 is 0 Å². The van der Waals surface area contributed by atoms with E-state index in [4.69, 9.17) is 9.47 Å². The SMILES string of the molecule is COc1cc(C)c(CC2COCCN2)cc1C. The van der Waals surface area contributed by atoms with E-state index < -0.39 is 0 Å². The van der Waals surface area contributed by atoms with Gasteiger partial charge in [-0.1, -0.05) is 6.07 Å². The second kappa shape index (κ2) is 5.52. The Bertz CT molecular complexity index is 384. The molecular weight excluding hydrogens is 214 g/mol. The standard InChI is InChI=1S/C14H21NO2/c1-10-7-14(16-3)11(2)6-12(10)8-13-9-17-5-4-15-13/h6-7,13,15H,4-5,8-9H2,1-3H3. The van der Waals surface area contributed by atoms with Crippen molar-refractivity contribution in [3.05, 3.63) is 28.8 Å². The van der Waals surface area contributed by atoms with Gasteiger partial charge in [-0.25, -0.2) is 0 Å². The van der Waals surface area contributed by atoms with Crippen LogP contribution in [0.4, 0.5) is 0 Å². The van der Waals surface area contributed by atoms with Crippen molar-refractivity contribution in [3.8, 4) is 5.75 Å². The zero-order chi connectivity index (χ0) is 12.3. The lowest BCUT2D eigenvalue weighted by Gasteiger charge is -2.24. The van der Waals surface area contributed by atoms with Gasteiger partial charge in [0.25, 0.3) is 0 Å². The summed E-state index contributed by atoms with van der Waals surface area (Å²) in [5, 5.41) is 3.49. The van der Waals surface area contributed by atoms with Crippen LogP contribution in [0.15, 0.2) is 12.1 Å². The van der Waals surface area contributed by atoms with Gasteiger partial charge in [-0.2, -0.15) is 0 Å². The number of aryl methyl sites for hydroxylation is 2. The molecule has 1 aliphatic rings. The van der Waals surface area contributed by atoms with Crippen LogP contribution in [-0.2, 0) is 11.2 Å². The third-order valence-electron chi connectivity index (χ3n) is 3.32. The molecule has 1 N–H and O–H groups in total. The smallest absolute Gasteiger partial charge is 0.122 e. The quantitative estimate of drug-likeness (QED) is 0.867. The van der Waals surface area contributed by atoms with Crippen LogP contribution in [-0.4, -0.2) is 32.9 Å². The van der Waals surface area contributed by atoms with E-state index in [1.54, 1.807) is 7.11 Å². The number of nitrogens with one attached hydrogen (secondary N) is 1. The van der Waals surface area contributed by atoms with Gasteiger partial charge in [-0.05, 0) is 43.0 Å². The topological polar surface area (TPSA) is 30.5 Å². The molecule has 1 fully saturated rings. The second-order valence-electron chi connectivity index (χ2n) is 4.68. The maximum atomic E-state index is 5.48. The average Bonchev–Trinajstić information content (AvgIpc) is 2.34. The number of hydrogen-bond donors (Lipinski definition) is 1. The van der Waals surface area contributed by atoms with Crippen molar-refractivity contribution in [2.45, 2.75) is 26.3 Å². The molecule has 94 valence electrons. The molecule has 0 bridgehead atoms. The van der Waals surface area contributed by atoms with E-state index in [1.807, 2.05) is 0 Å². The molecule has 1 saturated heterocycles. The van der Waals surface area contributed by atoms with E-state index >= 15 is 0 Å². The van der Waals surface area contributed by atoms with Crippen molar-refractivity contribution in [2.24, 2.45) is 0 Å². The Balaban J connectivity index is 2.12. The van der Waals surface area contributed by atoms with Crippen LogP contribution < -0.4 is 10.1 Å². The van der Waals surface area contributed by atoms with Crippen molar-refractivity contribution in [3.63, 3.8) is 0 Å². The number of morpholine rings is 1. The first-order chi connectivity index (χ1) is 8.20. The zero-order valence-corrected chi connectivity index (χ0v) is 10.9. The molecular formula is C14H21NO2. The maximum Gasteiger partial charge on any atom is 0.122 e. The zero-order valence-electron chi connectivity index (χ0n) is 10.9. The first-order valence-corrected chi connectivity index (χ1v) is 6.16. The summed E-state index contributed by atoms with van der Waals surface area (Å²) in [6.07, 6.45) is 1.02. The van der Waals surface area contributed by atoms with Crippen LogP contribution in [0.3, 0.4) is 0 Å². The van der Waals surface area contributed by atoms with Crippen molar-refractivity contribution >= 4 is 0 Å². The lowest BCUT2D eigenvalue weighted by Crippen LogP contribution is -2.42. The van der Waals surface area contributed by atoms with Crippen LogP contribution in [0.5, 0.6) is 5.75 Å². The number of rotatable bonds is 3. The van der Waals surface area contributed by atoms with Gasteiger partial charge in [0.1, 0.15) is 5.75 Å². The molecule has 0 amide bonds. The average molecular weight is 235 g/mol. The Morgan fingerprint density at radius 3 is 2.82 bits per heavy atom. The largest absolute Gasteiger partial charge is 0.496 e. The molecule has 1 atom stereocenters. The van der Waals surface area contributed by atoms with E-state index in [-0.39, 0.29) is 0 Å². The molecule has 1 unspecified atom stereocenters. The number of benzene rings is 1. The van der Waals surface area contributed by atoms with Crippen LogP contribution in [0, 0.1) is 13.8 Å². The third-order valence-corrected chi connectivity index (χ3v) is 3.32. The fourth-order valence-electron chi connectivity index (χ4n) is 2.31. The predicted molar refractivity (Wildman–Crippen MR) is 68.8 cm³/mol. The highest BCUT2D eigenvalue weighted by Crippen LogP contribution is 2.23. The molecule has 0 radical (unpaired) electrons. The molecule has 0 aromatic heterocycles. The monoisotopic (exact) mass is 235 g/mol. The summed E-state index contributed by atoms with van der Waals surface area (Å²) in [6, 6.07) is 4.79. The summed E-state index contributed by atoms with van der Waals surface area (Å²) in [4.78, 5) is 0. The summed E-state index contributed by atoms with van der Waals surface area (Å²) in [6.45, 7) is 6.83. The molecule has 17 heavy (non-hydrogen) atoms. The first-order valence-electron chi connectivity index (χ1n) is 6.16. The molecule has 1 aromatic carbocycles. The summed E-state index contributed by atoms with van der Waals surface area (Å²) in [5.41, 5.74) is 3.87. The van der Waals surface area contributed by atoms with Gasteiger partial charge in [0.05, 0.1) is 20.3 Å². The Morgan fingerprint density at radius 2 is 2.18 bits per heavy atom. The van der Waals surface area contributed by atoms with Crippen LogP contribution in [0.2, 0.25) is 0 Å². The lowest BCUT2D eigenvalue weighted by molar-refractivity contribution is 0.0769. The molecule has 0 aliphatic carbocycles. The van der Waals surface area contributed by atoms with Gasteiger partial charge in [-0.15, -0.1) is 0 Å². The van der Waals surface area contributed by atoms with Gasteiger partial charge in [0.2, 0.25) is 0 Å². The lowest BCUT2D eigenvalue weighted by atomic mass is 9.98. The molecule has 3 heteroatoms. The molecule has 0 saturated carbocycles. The van der Waals surface area contributed by atoms with Crippen molar-refractivity contribution < 1.29 is 9.47 Å². The Morgan fingerprint density at radius 1 is 1.35 bits per heavy atom. The minimum atomic E-state index is 0.440. The van der Waals surface area contributed by atoms with Gasteiger partial charge in [-0.3, -0.25) is 0 Å². The summed E-state index contributed by atoms with van der Waals surface area (Å²) < 4.78 is 10.8. The Hall–Kier alpha value is -1.06. The fraction of sp³-hybridized carbons (Fsp3) is 0.571. The molecule has 1 aliphatic heterocycles. The van der Waals surface area contributed by atoms with Crippen molar-refractivity contribution in [2.75, 3.05) is 26.9 Å². The van der Waals surface area contributed by atoms with E-state index in [9.17, 15) is 0 Å². The van der Waals surface area contributed by atoms with Crippen LogP contribution in [0.25, 0.3) is 0 Å².